The van der Waals surface area contributed by atoms with Gasteiger partial charge in [0.05, 0.1) is 5.02 Å². The summed E-state index contributed by atoms with van der Waals surface area (Å²) in [7, 11) is -3.64. The standard InChI is InChI=1S/C15H19ClFNO2S/c1-10-5-15(13(16)7-14(10)17)21(19,20)18-8-11-3-2-4-12(6-11)9-18/h5,7,11-12H,2-4,6,8-9H2,1H3. The number of sulfonamides is 1. The lowest BCUT2D eigenvalue weighted by Gasteiger charge is -2.40. The maximum Gasteiger partial charge on any atom is 0.244 e. The van der Waals surface area contributed by atoms with E-state index in [0.717, 1.165) is 25.3 Å². The van der Waals surface area contributed by atoms with Crippen molar-refractivity contribution in [3.63, 3.8) is 0 Å². The Balaban J connectivity index is 1.95. The van der Waals surface area contributed by atoms with Crippen molar-refractivity contribution in [2.75, 3.05) is 13.1 Å². The predicted octanol–water partition coefficient (Wildman–Crippen LogP) is 3.60. The smallest absolute Gasteiger partial charge is 0.207 e. The van der Waals surface area contributed by atoms with Crippen molar-refractivity contribution in [3.05, 3.63) is 28.5 Å². The summed E-state index contributed by atoms with van der Waals surface area (Å²) in [6, 6.07) is 2.44. The number of benzene rings is 1. The second kappa shape index (κ2) is 5.52. The van der Waals surface area contributed by atoms with Crippen molar-refractivity contribution >= 4 is 21.6 Å². The molecule has 1 aliphatic carbocycles. The summed E-state index contributed by atoms with van der Waals surface area (Å²) in [5.41, 5.74) is 0.301. The summed E-state index contributed by atoms with van der Waals surface area (Å²) in [5.74, 6) is 0.426. The summed E-state index contributed by atoms with van der Waals surface area (Å²) in [5, 5.41) is -0.0335. The fourth-order valence-corrected chi connectivity index (χ4v) is 5.71. The summed E-state index contributed by atoms with van der Waals surface area (Å²) in [4.78, 5) is 0.0306. The summed E-state index contributed by atoms with van der Waals surface area (Å²) in [6.07, 6.45) is 4.51. The molecule has 1 aliphatic heterocycles. The fraction of sp³-hybridized carbons (Fsp3) is 0.600. The quantitative estimate of drug-likeness (QED) is 0.830. The van der Waals surface area contributed by atoms with Gasteiger partial charge in [0.1, 0.15) is 10.7 Å². The Labute approximate surface area is 130 Å². The van der Waals surface area contributed by atoms with E-state index in [9.17, 15) is 12.8 Å². The molecule has 0 spiro atoms. The summed E-state index contributed by atoms with van der Waals surface area (Å²) in [6.45, 7) is 2.67. The highest BCUT2D eigenvalue weighted by molar-refractivity contribution is 7.89. The van der Waals surface area contributed by atoms with Crippen LogP contribution in [0.25, 0.3) is 0 Å². The van der Waals surface area contributed by atoms with E-state index in [1.54, 1.807) is 11.2 Å². The number of halogens is 2. The second-order valence-corrected chi connectivity index (χ2v) is 8.57. The first-order chi connectivity index (χ1) is 9.88. The number of fused-ring (bicyclic) bond motifs is 2. The van der Waals surface area contributed by atoms with Gasteiger partial charge in [-0.1, -0.05) is 18.0 Å². The highest BCUT2D eigenvalue weighted by atomic mass is 35.5. The average Bonchev–Trinajstić information content (AvgIpc) is 2.42. The molecule has 1 aromatic rings. The number of aryl methyl sites for hydroxylation is 1. The molecule has 116 valence electrons. The van der Waals surface area contributed by atoms with E-state index >= 15 is 0 Å². The Morgan fingerprint density at radius 3 is 2.48 bits per heavy atom. The lowest BCUT2D eigenvalue weighted by molar-refractivity contribution is 0.144. The van der Waals surface area contributed by atoms with Crippen molar-refractivity contribution in [2.24, 2.45) is 11.8 Å². The van der Waals surface area contributed by atoms with Crippen LogP contribution in [0.15, 0.2) is 17.0 Å². The number of piperidine rings is 1. The zero-order valence-corrected chi connectivity index (χ0v) is 13.6. The zero-order chi connectivity index (χ0) is 15.2. The SMILES string of the molecule is Cc1cc(S(=O)(=O)N2CC3CCCC(C3)C2)c(Cl)cc1F. The van der Waals surface area contributed by atoms with Crippen LogP contribution in [0.5, 0.6) is 0 Å². The predicted molar refractivity (Wildman–Crippen MR) is 80.4 cm³/mol. The second-order valence-electron chi connectivity index (χ2n) is 6.25. The third-order valence-electron chi connectivity index (χ3n) is 4.65. The molecular formula is C15H19ClFNO2S. The third kappa shape index (κ3) is 2.83. The van der Waals surface area contributed by atoms with Gasteiger partial charge in [0.2, 0.25) is 10.0 Å². The Bertz CT molecular complexity index is 650. The lowest BCUT2D eigenvalue weighted by Crippen LogP contribution is -2.45. The number of hydrogen-bond donors (Lipinski definition) is 0. The summed E-state index contributed by atoms with van der Waals surface area (Å²) >= 11 is 5.98. The minimum Gasteiger partial charge on any atom is -0.207 e. The van der Waals surface area contributed by atoms with Gasteiger partial charge in [0.25, 0.3) is 0 Å². The first-order valence-corrected chi connectivity index (χ1v) is 9.15. The molecule has 0 amide bonds. The molecular weight excluding hydrogens is 313 g/mol. The van der Waals surface area contributed by atoms with Crippen LogP contribution in [0.4, 0.5) is 4.39 Å². The van der Waals surface area contributed by atoms with Gasteiger partial charge in [-0.3, -0.25) is 0 Å². The Hall–Kier alpha value is -0.650. The summed E-state index contributed by atoms with van der Waals surface area (Å²) < 4.78 is 40.7. The molecule has 0 aromatic heterocycles. The monoisotopic (exact) mass is 331 g/mol. The molecule has 1 aromatic carbocycles. The molecule has 21 heavy (non-hydrogen) atoms. The molecule has 1 saturated carbocycles. The van der Waals surface area contributed by atoms with Gasteiger partial charge < -0.3 is 0 Å². The van der Waals surface area contributed by atoms with Crippen LogP contribution in [0, 0.1) is 24.6 Å². The minimum atomic E-state index is -3.64. The van der Waals surface area contributed by atoms with Crippen LogP contribution in [-0.4, -0.2) is 25.8 Å². The van der Waals surface area contributed by atoms with Crippen molar-refractivity contribution in [1.82, 2.24) is 4.31 Å². The molecule has 2 fully saturated rings. The van der Waals surface area contributed by atoms with Gasteiger partial charge >= 0.3 is 0 Å². The van der Waals surface area contributed by atoms with Gasteiger partial charge in [-0.05, 0) is 55.7 Å². The largest absolute Gasteiger partial charge is 0.244 e. The Kier molecular flexibility index (Phi) is 4.01. The molecule has 2 unspecified atom stereocenters. The minimum absolute atomic E-state index is 0.0306. The van der Waals surface area contributed by atoms with E-state index in [0.29, 0.717) is 30.5 Å². The number of hydrogen-bond acceptors (Lipinski definition) is 2. The molecule has 3 nitrogen and oxygen atoms in total. The topological polar surface area (TPSA) is 37.4 Å². The zero-order valence-electron chi connectivity index (χ0n) is 12.0. The van der Waals surface area contributed by atoms with Crippen molar-refractivity contribution in [3.8, 4) is 0 Å². The first-order valence-electron chi connectivity index (χ1n) is 7.33. The molecule has 0 radical (unpaired) electrons. The van der Waals surface area contributed by atoms with Crippen molar-refractivity contribution in [1.29, 1.82) is 0 Å². The van der Waals surface area contributed by atoms with E-state index in [1.165, 1.54) is 12.5 Å². The van der Waals surface area contributed by atoms with Crippen LogP contribution in [0.3, 0.4) is 0 Å². The maximum absolute atomic E-state index is 13.5. The van der Waals surface area contributed by atoms with E-state index in [1.807, 2.05) is 0 Å². The fourth-order valence-electron chi connectivity index (χ4n) is 3.55. The van der Waals surface area contributed by atoms with Crippen molar-refractivity contribution < 1.29 is 12.8 Å². The van der Waals surface area contributed by atoms with Gasteiger partial charge in [0, 0.05) is 13.1 Å². The Morgan fingerprint density at radius 1 is 1.24 bits per heavy atom. The molecule has 2 atom stereocenters. The van der Waals surface area contributed by atoms with Crippen molar-refractivity contribution in [2.45, 2.75) is 37.5 Å². The molecule has 1 saturated heterocycles. The number of rotatable bonds is 2. The normalized spacial score (nSPS) is 26.8. The van der Waals surface area contributed by atoms with Gasteiger partial charge in [-0.2, -0.15) is 4.31 Å². The first kappa shape index (κ1) is 15.3. The third-order valence-corrected chi connectivity index (χ3v) is 6.94. The number of nitrogens with zero attached hydrogens (tertiary/aromatic N) is 1. The van der Waals surface area contributed by atoms with Crippen LogP contribution in [-0.2, 0) is 10.0 Å². The highest BCUT2D eigenvalue weighted by Gasteiger charge is 2.37. The lowest BCUT2D eigenvalue weighted by atomic mass is 9.79. The molecule has 6 heteroatoms. The molecule has 0 N–H and O–H groups in total. The van der Waals surface area contributed by atoms with Gasteiger partial charge in [-0.25, -0.2) is 12.8 Å². The molecule has 2 bridgehead atoms. The highest BCUT2D eigenvalue weighted by Crippen LogP contribution is 2.37. The molecule has 2 aliphatic rings. The van der Waals surface area contributed by atoms with Crippen LogP contribution >= 0.6 is 11.6 Å². The van der Waals surface area contributed by atoms with E-state index in [4.69, 9.17) is 11.6 Å². The van der Waals surface area contributed by atoms with E-state index < -0.39 is 15.8 Å². The molecule has 3 rings (SSSR count). The van der Waals surface area contributed by atoms with Crippen LogP contribution in [0.2, 0.25) is 5.02 Å². The van der Waals surface area contributed by atoms with E-state index in [2.05, 4.69) is 0 Å². The molecule has 1 heterocycles. The van der Waals surface area contributed by atoms with Gasteiger partial charge in [-0.15, -0.1) is 0 Å². The average molecular weight is 332 g/mol. The van der Waals surface area contributed by atoms with Gasteiger partial charge in [0.15, 0.2) is 0 Å². The Morgan fingerprint density at radius 2 is 1.86 bits per heavy atom. The van der Waals surface area contributed by atoms with Crippen LogP contribution in [0.1, 0.15) is 31.2 Å². The maximum atomic E-state index is 13.5. The van der Waals surface area contributed by atoms with E-state index in [-0.39, 0.29) is 9.92 Å². The van der Waals surface area contributed by atoms with Crippen LogP contribution < -0.4 is 0 Å².